The van der Waals surface area contributed by atoms with Crippen molar-refractivity contribution in [2.45, 2.75) is 270 Å². The first-order valence-electron chi connectivity index (χ1n) is 27.5. The van der Waals surface area contributed by atoms with Crippen LogP contribution in [0.2, 0.25) is 0 Å². The summed E-state index contributed by atoms with van der Waals surface area (Å²) in [5.41, 5.74) is 0. The molecule has 0 amide bonds. The highest BCUT2D eigenvalue weighted by atomic mass is 16.6. The summed E-state index contributed by atoms with van der Waals surface area (Å²) in [7, 11) is 5.43. The van der Waals surface area contributed by atoms with Crippen molar-refractivity contribution in [3.05, 3.63) is 36.5 Å². The smallest absolute Gasteiger partial charge is 0.306 e. The molecule has 0 rings (SSSR count). The largest absolute Gasteiger partial charge is 0.544 e. The highest BCUT2D eigenvalue weighted by Crippen LogP contribution is 2.17. The number of carbonyl (C=O) groups is 3. The maximum Gasteiger partial charge on any atom is 0.306 e. The molecule has 0 aliphatic carbocycles. The first-order valence-corrected chi connectivity index (χ1v) is 27.5. The lowest BCUT2D eigenvalue weighted by Crippen LogP contribution is -2.55. The van der Waals surface area contributed by atoms with E-state index < -0.39 is 18.1 Å². The zero-order chi connectivity index (χ0) is 47.7. The Hall–Kier alpha value is -2.45. The molecule has 0 aromatic rings. The molecule has 0 radical (unpaired) electrons. The van der Waals surface area contributed by atoms with Crippen LogP contribution in [0.4, 0.5) is 0 Å². The Morgan fingerprint density at radius 3 is 1.28 bits per heavy atom. The topological polar surface area (TPSA) is 102 Å². The van der Waals surface area contributed by atoms with Gasteiger partial charge in [-0.2, -0.15) is 0 Å². The Labute approximate surface area is 402 Å². The van der Waals surface area contributed by atoms with E-state index in [1.807, 2.05) is 21.1 Å². The van der Waals surface area contributed by atoms with Gasteiger partial charge in [-0.25, -0.2) is 0 Å². The molecule has 0 aliphatic rings. The molecule has 0 fully saturated rings. The van der Waals surface area contributed by atoms with Crippen LogP contribution in [-0.4, -0.2) is 75.5 Å². The van der Waals surface area contributed by atoms with Gasteiger partial charge in [-0.1, -0.05) is 230 Å². The van der Waals surface area contributed by atoms with Gasteiger partial charge in [0.2, 0.25) is 0 Å². The minimum atomic E-state index is -1.12. The average Bonchev–Trinajstić information content (AvgIpc) is 3.27. The molecule has 0 heterocycles. The normalized spacial score (nSPS) is 13.1. The van der Waals surface area contributed by atoms with E-state index in [9.17, 15) is 19.5 Å². The summed E-state index contributed by atoms with van der Waals surface area (Å²) in [4.78, 5) is 37.1. The van der Waals surface area contributed by atoms with Crippen molar-refractivity contribution in [1.29, 1.82) is 0 Å². The number of nitrogens with zero attached hydrogens (tertiary/aromatic N) is 1. The van der Waals surface area contributed by atoms with E-state index in [1.165, 1.54) is 167 Å². The Balaban J connectivity index is 4.17. The zero-order valence-corrected chi connectivity index (χ0v) is 43.4. The molecule has 0 saturated heterocycles. The second kappa shape index (κ2) is 48.0. The van der Waals surface area contributed by atoms with Gasteiger partial charge in [-0.15, -0.1) is 0 Å². The second-order valence-corrected chi connectivity index (χ2v) is 19.8. The SMILES string of the molecule is CC/C=C/C/C=C/C/C=C/CCCCCCCCCCCCCC(=O)OC(COCCC(C(=O)[O-])[N+](C)(C)C)COC(=O)CCCCCCCCCCCCCCCCCCCCCC. The summed E-state index contributed by atoms with van der Waals surface area (Å²) in [5.74, 6) is -1.72. The summed E-state index contributed by atoms with van der Waals surface area (Å²) < 4.78 is 17.3. The number of esters is 2. The van der Waals surface area contributed by atoms with Crippen LogP contribution >= 0.6 is 0 Å². The van der Waals surface area contributed by atoms with Gasteiger partial charge in [0.05, 0.1) is 40.3 Å². The van der Waals surface area contributed by atoms with Gasteiger partial charge in [0.1, 0.15) is 12.6 Å². The van der Waals surface area contributed by atoms with Gasteiger partial charge in [-0.05, 0) is 44.9 Å². The Kier molecular flexibility index (Phi) is 46.2. The van der Waals surface area contributed by atoms with Crippen LogP contribution in [0.3, 0.4) is 0 Å². The molecule has 0 saturated carbocycles. The number of carbonyl (C=O) groups excluding carboxylic acids is 3. The molecule has 0 N–H and O–H groups in total. The molecular formula is C57H105NO7. The number of ether oxygens (including phenoxy) is 3. The molecule has 8 nitrogen and oxygen atoms in total. The molecule has 2 unspecified atom stereocenters. The fraction of sp³-hybridized carbons (Fsp3) is 0.842. The van der Waals surface area contributed by atoms with Crippen LogP contribution < -0.4 is 5.11 Å². The van der Waals surface area contributed by atoms with Crippen molar-refractivity contribution in [2.24, 2.45) is 0 Å². The third-order valence-electron chi connectivity index (χ3n) is 12.5. The van der Waals surface area contributed by atoms with Crippen molar-refractivity contribution < 1.29 is 38.2 Å². The molecule has 0 spiro atoms. The highest BCUT2D eigenvalue weighted by molar-refractivity contribution is 5.70. The number of aliphatic carboxylic acids is 1. The van der Waals surface area contributed by atoms with Crippen LogP contribution in [0.1, 0.15) is 258 Å². The van der Waals surface area contributed by atoms with Crippen molar-refractivity contribution >= 4 is 17.9 Å². The van der Waals surface area contributed by atoms with Crippen LogP contribution in [-0.2, 0) is 28.6 Å². The first-order chi connectivity index (χ1) is 31.6. The van der Waals surface area contributed by atoms with E-state index in [4.69, 9.17) is 14.2 Å². The summed E-state index contributed by atoms with van der Waals surface area (Å²) in [6, 6.07) is -0.725. The predicted octanol–water partition coefficient (Wildman–Crippen LogP) is 14.8. The van der Waals surface area contributed by atoms with E-state index in [1.54, 1.807) is 0 Å². The number of hydrogen-bond donors (Lipinski definition) is 0. The predicted molar refractivity (Wildman–Crippen MR) is 273 cm³/mol. The summed E-state index contributed by atoms with van der Waals surface area (Å²) in [6.07, 6.45) is 57.5. The monoisotopic (exact) mass is 916 g/mol. The van der Waals surface area contributed by atoms with Crippen molar-refractivity contribution in [1.82, 2.24) is 0 Å². The van der Waals surface area contributed by atoms with E-state index in [0.717, 1.165) is 57.8 Å². The van der Waals surface area contributed by atoms with Crippen molar-refractivity contribution in [3.8, 4) is 0 Å². The quantitative estimate of drug-likeness (QED) is 0.0259. The summed E-state index contributed by atoms with van der Waals surface area (Å²) >= 11 is 0. The Bertz CT molecular complexity index is 1160. The maximum absolute atomic E-state index is 12.8. The maximum atomic E-state index is 12.8. The van der Waals surface area contributed by atoms with Crippen molar-refractivity contribution in [3.63, 3.8) is 0 Å². The first kappa shape index (κ1) is 62.5. The Morgan fingerprint density at radius 2 is 0.862 bits per heavy atom. The fourth-order valence-corrected chi connectivity index (χ4v) is 8.32. The van der Waals surface area contributed by atoms with Crippen LogP contribution in [0.15, 0.2) is 36.5 Å². The average molecular weight is 916 g/mol. The lowest BCUT2D eigenvalue weighted by atomic mass is 10.0. The molecule has 0 aliphatic heterocycles. The van der Waals surface area contributed by atoms with E-state index >= 15 is 0 Å². The number of likely N-dealkylation sites (N-methyl/N-ethyl adjacent to an activating group) is 1. The number of hydrogen-bond acceptors (Lipinski definition) is 7. The summed E-state index contributed by atoms with van der Waals surface area (Å²) in [5, 5.41) is 11.7. The molecular weight excluding hydrogens is 811 g/mol. The van der Waals surface area contributed by atoms with Gasteiger partial charge in [0.15, 0.2) is 6.10 Å². The van der Waals surface area contributed by atoms with E-state index in [0.29, 0.717) is 12.8 Å². The van der Waals surface area contributed by atoms with Gasteiger partial charge in [0, 0.05) is 19.3 Å². The number of carboxylic acids is 1. The van der Waals surface area contributed by atoms with Gasteiger partial charge < -0.3 is 28.6 Å². The Morgan fingerprint density at radius 1 is 0.477 bits per heavy atom. The van der Waals surface area contributed by atoms with Crippen LogP contribution in [0, 0.1) is 0 Å². The number of quaternary nitrogens is 1. The summed E-state index contributed by atoms with van der Waals surface area (Å²) in [6.45, 7) is 4.60. The second-order valence-electron chi connectivity index (χ2n) is 19.8. The number of rotatable bonds is 50. The highest BCUT2D eigenvalue weighted by Gasteiger charge is 2.25. The van der Waals surface area contributed by atoms with E-state index in [-0.39, 0.29) is 42.7 Å². The van der Waals surface area contributed by atoms with Gasteiger partial charge >= 0.3 is 11.9 Å². The number of allylic oxidation sites excluding steroid dienone is 6. The molecule has 0 bridgehead atoms. The lowest BCUT2D eigenvalue weighted by Gasteiger charge is -2.34. The third-order valence-corrected chi connectivity index (χ3v) is 12.5. The van der Waals surface area contributed by atoms with Gasteiger partial charge in [-0.3, -0.25) is 9.59 Å². The minimum Gasteiger partial charge on any atom is -0.544 e. The third kappa shape index (κ3) is 46.4. The number of unbranched alkanes of at least 4 members (excludes halogenated alkanes) is 30. The molecule has 2 atom stereocenters. The van der Waals surface area contributed by atoms with Crippen molar-refractivity contribution in [2.75, 3.05) is 41.0 Å². The fourth-order valence-electron chi connectivity index (χ4n) is 8.32. The standard InChI is InChI=1S/C57H105NO7/c1-6-8-10-12-14-16-18-20-22-24-26-28-30-32-34-36-38-40-42-44-46-48-56(60)65-53(51-63-50-49-54(57(61)62)58(3,4)5)52-64-55(59)47-45-43-41-39-37-35-33-31-29-27-25-23-21-19-17-15-13-11-9-7-2/h8,10,14,16,20,22,53-54H,6-7,9,11-13,15,17-19,21,23-52H2,1-5H3/b10-8+,16-14+,22-20+. The minimum absolute atomic E-state index is 0.0434. The molecule has 65 heavy (non-hydrogen) atoms. The van der Waals surface area contributed by atoms with E-state index in [2.05, 4.69) is 50.3 Å². The van der Waals surface area contributed by atoms with Crippen LogP contribution in [0.5, 0.6) is 0 Å². The van der Waals surface area contributed by atoms with Gasteiger partial charge in [0.25, 0.3) is 0 Å². The zero-order valence-electron chi connectivity index (χ0n) is 43.4. The molecule has 0 aromatic carbocycles. The lowest BCUT2D eigenvalue weighted by molar-refractivity contribution is -0.889. The molecule has 8 heteroatoms. The van der Waals surface area contributed by atoms with Crippen LogP contribution in [0.25, 0.3) is 0 Å². The number of carboxylic acid groups (broad SMARTS) is 1. The molecule has 0 aromatic heterocycles. The molecule has 380 valence electrons.